The first-order valence-electron chi connectivity index (χ1n) is 7.00. The van der Waals surface area contributed by atoms with Crippen molar-refractivity contribution in [3.05, 3.63) is 71.2 Å². The Morgan fingerprint density at radius 2 is 1.61 bits per heavy atom. The van der Waals surface area contributed by atoms with Crippen molar-refractivity contribution >= 4 is 27.8 Å². The van der Waals surface area contributed by atoms with E-state index in [2.05, 4.69) is 27.8 Å². The summed E-state index contributed by atoms with van der Waals surface area (Å²) in [6.45, 7) is 3.60. The summed E-state index contributed by atoms with van der Waals surface area (Å²) in [6.07, 6.45) is 0.128. The van der Waals surface area contributed by atoms with Crippen molar-refractivity contribution in [2.24, 2.45) is 0 Å². The van der Waals surface area contributed by atoms with Crippen LogP contribution in [0.15, 0.2) is 65.7 Å². The van der Waals surface area contributed by atoms with E-state index in [4.69, 9.17) is 5.11 Å². The SMILES string of the molecule is C=C(Br)C[C@@H](NC(=O)c1ccc(-c2ccccc2)cc1)C(=O)O. The van der Waals surface area contributed by atoms with Gasteiger partial charge in [-0.1, -0.05) is 65.0 Å². The molecule has 0 heterocycles. The molecule has 1 atom stereocenters. The van der Waals surface area contributed by atoms with E-state index in [0.29, 0.717) is 10.0 Å². The van der Waals surface area contributed by atoms with Gasteiger partial charge in [-0.3, -0.25) is 4.79 Å². The highest BCUT2D eigenvalue weighted by atomic mass is 79.9. The van der Waals surface area contributed by atoms with E-state index in [1.54, 1.807) is 12.1 Å². The molecular formula is C18H16BrNO3. The second-order valence-electron chi connectivity index (χ2n) is 5.03. The summed E-state index contributed by atoms with van der Waals surface area (Å²) >= 11 is 3.12. The third kappa shape index (κ3) is 4.79. The second-order valence-corrected chi connectivity index (χ2v) is 6.15. The maximum absolute atomic E-state index is 12.2. The fourth-order valence-corrected chi connectivity index (χ4v) is 2.43. The van der Waals surface area contributed by atoms with Gasteiger partial charge in [-0.15, -0.1) is 0 Å². The zero-order chi connectivity index (χ0) is 16.8. The van der Waals surface area contributed by atoms with Gasteiger partial charge < -0.3 is 10.4 Å². The number of hydrogen-bond donors (Lipinski definition) is 2. The van der Waals surface area contributed by atoms with E-state index >= 15 is 0 Å². The number of carbonyl (C=O) groups excluding carboxylic acids is 1. The average Bonchev–Trinajstić information content (AvgIpc) is 2.54. The largest absolute Gasteiger partial charge is 0.480 e. The first-order chi connectivity index (χ1) is 11.0. The van der Waals surface area contributed by atoms with Crippen LogP contribution in [0.4, 0.5) is 0 Å². The van der Waals surface area contributed by atoms with Crippen LogP contribution >= 0.6 is 15.9 Å². The first kappa shape index (κ1) is 17.0. The minimum Gasteiger partial charge on any atom is -0.480 e. The Bertz CT molecular complexity index is 711. The van der Waals surface area contributed by atoms with Crippen molar-refractivity contribution < 1.29 is 14.7 Å². The zero-order valence-corrected chi connectivity index (χ0v) is 13.9. The lowest BCUT2D eigenvalue weighted by atomic mass is 10.0. The van der Waals surface area contributed by atoms with Crippen LogP contribution in [0.1, 0.15) is 16.8 Å². The van der Waals surface area contributed by atoms with Gasteiger partial charge in [-0.2, -0.15) is 0 Å². The number of carboxylic acids is 1. The third-order valence-electron chi connectivity index (χ3n) is 3.28. The molecular weight excluding hydrogens is 358 g/mol. The molecule has 4 nitrogen and oxygen atoms in total. The van der Waals surface area contributed by atoms with Crippen molar-refractivity contribution in [2.75, 3.05) is 0 Å². The first-order valence-corrected chi connectivity index (χ1v) is 7.79. The summed E-state index contributed by atoms with van der Waals surface area (Å²) in [5.74, 6) is -1.52. The Morgan fingerprint density at radius 1 is 1.04 bits per heavy atom. The normalized spacial score (nSPS) is 11.5. The number of rotatable bonds is 6. The highest BCUT2D eigenvalue weighted by Gasteiger charge is 2.21. The van der Waals surface area contributed by atoms with Gasteiger partial charge in [-0.25, -0.2) is 4.79 Å². The van der Waals surface area contributed by atoms with Gasteiger partial charge in [0.05, 0.1) is 0 Å². The molecule has 2 rings (SSSR count). The minimum atomic E-state index is -1.10. The molecule has 0 unspecified atom stereocenters. The Labute approximate surface area is 143 Å². The molecule has 0 fully saturated rings. The van der Waals surface area contributed by atoms with Crippen molar-refractivity contribution in [3.63, 3.8) is 0 Å². The fourth-order valence-electron chi connectivity index (χ4n) is 2.11. The van der Waals surface area contributed by atoms with E-state index in [1.165, 1.54) is 0 Å². The Kier molecular flexibility index (Phi) is 5.71. The fraction of sp³-hybridized carbons (Fsp3) is 0.111. The van der Waals surface area contributed by atoms with E-state index in [-0.39, 0.29) is 6.42 Å². The smallest absolute Gasteiger partial charge is 0.326 e. The van der Waals surface area contributed by atoms with Crippen molar-refractivity contribution in [1.29, 1.82) is 0 Å². The zero-order valence-electron chi connectivity index (χ0n) is 12.3. The number of aliphatic carboxylic acids is 1. The van der Waals surface area contributed by atoms with Crippen LogP contribution in [0.2, 0.25) is 0 Å². The lowest BCUT2D eigenvalue weighted by Gasteiger charge is -2.14. The van der Waals surface area contributed by atoms with E-state index < -0.39 is 17.9 Å². The van der Waals surface area contributed by atoms with Crippen LogP contribution < -0.4 is 5.32 Å². The maximum atomic E-state index is 12.2. The topological polar surface area (TPSA) is 66.4 Å². The number of amides is 1. The molecule has 0 saturated carbocycles. The maximum Gasteiger partial charge on any atom is 0.326 e. The van der Waals surface area contributed by atoms with Crippen LogP contribution in [-0.4, -0.2) is 23.0 Å². The average molecular weight is 374 g/mol. The number of benzene rings is 2. The molecule has 0 bridgehead atoms. The van der Waals surface area contributed by atoms with Gasteiger partial charge >= 0.3 is 5.97 Å². The second kappa shape index (κ2) is 7.74. The summed E-state index contributed by atoms with van der Waals surface area (Å²) in [5.41, 5.74) is 2.46. The molecule has 0 radical (unpaired) electrons. The standard InChI is InChI=1S/C18H16BrNO3/c1-12(19)11-16(18(22)23)20-17(21)15-9-7-14(8-10-15)13-5-3-2-4-6-13/h2-10,16H,1,11H2,(H,20,21)(H,22,23)/t16-/m1/s1. The highest BCUT2D eigenvalue weighted by Crippen LogP contribution is 2.19. The van der Waals surface area contributed by atoms with Gasteiger partial charge in [-0.05, 0) is 27.7 Å². The van der Waals surface area contributed by atoms with Gasteiger partial charge in [0, 0.05) is 12.0 Å². The number of carbonyl (C=O) groups is 2. The van der Waals surface area contributed by atoms with Gasteiger partial charge in [0.1, 0.15) is 6.04 Å². The predicted molar refractivity (Wildman–Crippen MR) is 93.5 cm³/mol. The molecule has 2 aromatic carbocycles. The molecule has 0 saturated heterocycles. The van der Waals surface area contributed by atoms with Gasteiger partial charge in [0.2, 0.25) is 0 Å². The molecule has 0 aliphatic rings. The summed E-state index contributed by atoms with van der Waals surface area (Å²) in [5, 5.41) is 11.6. The molecule has 0 spiro atoms. The van der Waals surface area contributed by atoms with Crippen LogP contribution in [0, 0.1) is 0 Å². The molecule has 0 aliphatic heterocycles. The lowest BCUT2D eigenvalue weighted by Crippen LogP contribution is -2.40. The lowest BCUT2D eigenvalue weighted by molar-refractivity contribution is -0.139. The summed E-state index contributed by atoms with van der Waals surface area (Å²) in [4.78, 5) is 23.3. The monoisotopic (exact) mass is 373 g/mol. The van der Waals surface area contributed by atoms with Crippen molar-refractivity contribution in [2.45, 2.75) is 12.5 Å². The van der Waals surface area contributed by atoms with E-state index in [1.807, 2.05) is 42.5 Å². The van der Waals surface area contributed by atoms with Crippen molar-refractivity contribution in [1.82, 2.24) is 5.32 Å². The summed E-state index contributed by atoms with van der Waals surface area (Å²) in [7, 11) is 0. The van der Waals surface area contributed by atoms with Crippen LogP contribution in [0.5, 0.6) is 0 Å². The van der Waals surface area contributed by atoms with Crippen LogP contribution in [0.25, 0.3) is 11.1 Å². The molecule has 23 heavy (non-hydrogen) atoms. The molecule has 0 aliphatic carbocycles. The van der Waals surface area contributed by atoms with Gasteiger partial charge in [0.15, 0.2) is 0 Å². The number of hydrogen-bond acceptors (Lipinski definition) is 2. The van der Waals surface area contributed by atoms with E-state index in [9.17, 15) is 9.59 Å². The highest BCUT2D eigenvalue weighted by molar-refractivity contribution is 9.11. The molecule has 0 aromatic heterocycles. The Hall–Kier alpha value is -2.40. The number of halogens is 1. The molecule has 5 heteroatoms. The Balaban J connectivity index is 2.11. The molecule has 1 amide bonds. The summed E-state index contributed by atoms with van der Waals surface area (Å²) < 4.78 is 0.518. The Morgan fingerprint density at radius 3 is 2.13 bits per heavy atom. The molecule has 118 valence electrons. The number of nitrogens with one attached hydrogen (secondary N) is 1. The van der Waals surface area contributed by atoms with E-state index in [0.717, 1.165) is 11.1 Å². The molecule has 2 aromatic rings. The summed E-state index contributed by atoms with van der Waals surface area (Å²) in [6, 6.07) is 15.8. The third-order valence-corrected chi connectivity index (χ3v) is 3.61. The predicted octanol–water partition coefficient (Wildman–Crippen LogP) is 3.84. The number of carboxylic acid groups (broad SMARTS) is 1. The van der Waals surface area contributed by atoms with Gasteiger partial charge in [0.25, 0.3) is 5.91 Å². The molecule has 2 N–H and O–H groups in total. The van der Waals surface area contributed by atoms with Crippen LogP contribution in [0.3, 0.4) is 0 Å². The van der Waals surface area contributed by atoms with Crippen molar-refractivity contribution in [3.8, 4) is 11.1 Å². The minimum absolute atomic E-state index is 0.128. The quantitative estimate of drug-likeness (QED) is 0.808. The van der Waals surface area contributed by atoms with Crippen LogP contribution in [-0.2, 0) is 4.79 Å².